The molecule has 0 rings (SSSR count). The summed E-state index contributed by atoms with van der Waals surface area (Å²) in [5.41, 5.74) is 1.02. The summed E-state index contributed by atoms with van der Waals surface area (Å²) in [5.74, 6) is 0.875. The Kier molecular flexibility index (Phi) is 7.02. The molecule has 74 valence electrons. The average molecular weight is 182 g/mol. The Balaban J connectivity index is 4.17. The summed E-state index contributed by atoms with van der Waals surface area (Å²) in [6, 6.07) is 0. The first-order valence-electron chi connectivity index (χ1n) is 4.48. The third-order valence-electron chi connectivity index (χ3n) is 1.57. The lowest BCUT2D eigenvalue weighted by Crippen LogP contribution is -1.87. The van der Waals surface area contributed by atoms with Crippen LogP contribution in [0.1, 0.15) is 20.3 Å². The molecule has 0 saturated heterocycles. The number of hydrogen-bond donors (Lipinski definition) is 1. The van der Waals surface area contributed by atoms with Crippen LogP contribution in [-0.2, 0) is 4.74 Å². The summed E-state index contributed by atoms with van der Waals surface area (Å²) < 4.78 is 5.23. The predicted octanol–water partition coefficient (Wildman–Crippen LogP) is 2.42. The average Bonchev–Trinajstić information content (AvgIpc) is 2.12. The molecule has 0 atom stereocenters. The molecule has 13 heavy (non-hydrogen) atoms. The van der Waals surface area contributed by atoms with E-state index in [-0.39, 0.29) is 6.61 Å². The molecular weight excluding hydrogens is 164 g/mol. The second kappa shape index (κ2) is 7.62. The first-order valence-corrected chi connectivity index (χ1v) is 4.48. The summed E-state index contributed by atoms with van der Waals surface area (Å²) in [5, 5.41) is 8.70. The molecule has 1 N–H and O–H groups in total. The zero-order valence-electron chi connectivity index (χ0n) is 8.42. The molecule has 0 saturated carbocycles. The fraction of sp³-hybridized carbons (Fsp3) is 0.455. The molecule has 0 fully saturated rings. The quantitative estimate of drug-likeness (QED) is 0.505. The number of hydrogen-bond acceptors (Lipinski definition) is 2. The maximum Gasteiger partial charge on any atom is 0.0928 e. The molecule has 2 nitrogen and oxygen atoms in total. The zero-order valence-corrected chi connectivity index (χ0v) is 8.42. The highest BCUT2D eigenvalue weighted by atomic mass is 16.5. The minimum atomic E-state index is 0.152. The van der Waals surface area contributed by atoms with Crippen molar-refractivity contribution in [1.29, 1.82) is 0 Å². The third kappa shape index (κ3) is 6.17. The molecule has 2 heteroatoms. The molecule has 0 aromatic carbocycles. The van der Waals surface area contributed by atoms with E-state index in [1.807, 2.05) is 26.0 Å². The topological polar surface area (TPSA) is 29.5 Å². The number of allylic oxidation sites excluding steroid dienone is 4. The van der Waals surface area contributed by atoms with Gasteiger partial charge >= 0.3 is 0 Å². The van der Waals surface area contributed by atoms with E-state index in [0.717, 1.165) is 11.3 Å². The van der Waals surface area contributed by atoms with Crippen LogP contribution in [0.15, 0.2) is 36.1 Å². The summed E-state index contributed by atoms with van der Waals surface area (Å²) >= 11 is 0. The standard InChI is InChI=1S/C11H18O2/c1-4-11(8-9-12)7-6-10(3)13-5-2/h4,6-7,12H,1,5,8-9H2,2-3H3/b10-6+,11-7+. The van der Waals surface area contributed by atoms with Crippen molar-refractivity contribution >= 4 is 0 Å². The molecule has 0 aliphatic heterocycles. The summed E-state index contributed by atoms with van der Waals surface area (Å²) in [4.78, 5) is 0. The smallest absolute Gasteiger partial charge is 0.0928 e. The molecule has 0 amide bonds. The number of ether oxygens (including phenoxy) is 1. The number of aliphatic hydroxyl groups excluding tert-OH is 1. The molecule has 0 aromatic rings. The van der Waals surface area contributed by atoms with Gasteiger partial charge in [-0.25, -0.2) is 0 Å². The van der Waals surface area contributed by atoms with E-state index < -0.39 is 0 Å². The van der Waals surface area contributed by atoms with E-state index in [1.54, 1.807) is 6.08 Å². The van der Waals surface area contributed by atoms with Crippen molar-refractivity contribution in [3.63, 3.8) is 0 Å². The second-order valence-corrected chi connectivity index (χ2v) is 2.63. The van der Waals surface area contributed by atoms with Crippen LogP contribution in [0.3, 0.4) is 0 Å². The lowest BCUT2D eigenvalue weighted by Gasteiger charge is -2.01. The van der Waals surface area contributed by atoms with Crippen LogP contribution in [-0.4, -0.2) is 18.3 Å². The normalized spacial score (nSPS) is 12.8. The molecule has 0 aromatic heterocycles. The zero-order chi connectivity index (χ0) is 10.1. The molecule has 0 radical (unpaired) electrons. The summed E-state index contributed by atoms with van der Waals surface area (Å²) in [6.07, 6.45) is 6.18. The van der Waals surface area contributed by atoms with Gasteiger partial charge in [0.25, 0.3) is 0 Å². The Morgan fingerprint density at radius 3 is 2.62 bits per heavy atom. The van der Waals surface area contributed by atoms with Crippen molar-refractivity contribution < 1.29 is 9.84 Å². The molecule has 0 aliphatic carbocycles. The third-order valence-corrected chi connectivity index (χ3v) is 1.57. The molecule has 0 aliphatic rings. The maximum atomic E-state index is 8.70. The van der Waals surface area contributed by atoms with Gasteiger partial charge in [-0.2, -0.15) is 0 Å². The highest BCUT2D eigenvalue weighted by Gasteiger charge is 1.89. The van der Waals surface area contributed by atoms with E-state index in [2.05, 4.69) is 6.58 Å². The summed E-state index contributed by atoms with van der Waals surface area (Å²) in [7, 11) is 0. The van der Waals surface area contributed by atoms with Crippen LogP contribution in [0.2, 0.25) is 0 Å². The van der Waals surface area contributed by atoms with Gasteiger partial charge in [0.2, 0.25) is 0 Å². The van der Waals surface area contributed by atoms with Gasteiger partial charge < -0.3 is 9.84 Å². The Hall–Kier alpha value is -1.02. The molecule has 0 spiro atoms. The molecule has 0 bridgehead atoms. The fourth-order valence-corrected chi connectivity index (χ4v) is 0.883. The molecule has 0 unspecified atom stereocenters. The van der Waals surface area contributed by atoms with Crippen molar-refractivity contribution in [2.75, 3.05) is 13.2 Å². The fourth-order valence-electron chi connectivity index (χ4n) is 0.883. The second-order valence-electron chi connectivity index (χ2n) is 2.63. The van der Waals surface area contributed by atoms with Crippen molar-refractivity contribution in [2.24, 2.45) is 0 Å². The molecule has 0 heterocycles. The minimum Gasteiger partial charge on any atom is -0.499 e. The lowest BCUT2D eigenvalue weighted by atomic mass is 10.2. The van der Waals surface area contributed by atoms with Gasteiger partial charge in [0.1, 0.15) is 0 Å². The van der Waals surface area contributed by atoms with E-state index in [4.69, 9.17) is 9.84 Å². The van der Waals surface area contributed by atoms with Gasteiger partial charge in [-0.15, -0.1) is 0 Å². The van der Waals surface area contributed by atoms with Gasteiger partial charge in [-0.3, -0.25) is 0 Å². The van der Waals surface area contributed by atoms with E-state index >= 15 is 0 Å². The Morgan fingerprint density at radius 1 is 1.46 bits per heavy atom. The van der Waals surface area contributed by atoms with Crippen LogP contribution in [0.25, 0.3) is 0 Å². The minimum absolute atomic E-state index is 0.152. The highest BCUT2D eigenvalue weighted by molar-refractivity contribution is 5.22. The number of aliphatic hydroxyl groups is 1. The monoisotopic (exact) mass is 182 g/mol. The van der Waals surface area contributed by atoms with Crippen LogP contribution >= 0.6 is 0 Å². The lowest BCUT2D eigenvalue weighted by molar-refractivity contribution is 0.231. The van der Waals surface area contributed by atoms with Gasteiger partial charge in [0.15, 0.2) is 0 Å². The van der Waals surface area contributed by atoms with E-state index in [9.17, 15) is 0 Å². The first-order chi connectivity index (χ1) is 6.24. The highest BCUT2D eigenvalue weighted by Crippen LogP contribution is 2.04. The Bertz CT molecular complexity index is 202. The van der Waals surface area contributed by atoms with Gasteiger partial charge in [-0.1, -0.05) is 18.7 Å². The van der Waals surface area contributed by atoms with Gasteiger partial charge in [0.05, 0.1) is 12.4 Å². The van der Waals surface area contributed by atoms with Gasteiger partial charge in [0, 0.05) is 6.61 Å². The maximum absolute atomic E-state index is 8.70. The van der Waals surface area contributed by atoms with E-state index in [1.165, 1.54) is 0 Å². The van der Waals surface area contributed by atoms with Crippen molar-refractivity contribution in [3.8, 4) is 0 Å². The molecular formula is C11H18O2. The Morgan fingerprint density at radius 2 is 2.15 bits per heavy atom. The van der Waals surface area contributed by atoms with Crippen LogP contribution in [0, 0.1) is 0 Å². The van der Waals surface area contributed by atoms with Gasteiger partial charge in [-0.05, 0) is 31.9 Å². The Labute approximate surface area is 80.2 Å². The van der Waals surface area contributed by atoms with Crippen molar-refractivity contribution in [3.05, 3.63) is 36.1 Å². The van der Waals surface area contributed by atoms with Crippen LogP contribution < -0.4 is 0 Å². The largest absolute Gasteiger partial charge is 0.499 e. The first kappa shape index (κ1) is 12.0. The van der Waals surface area contributed by atoms with Crippen LogP contribution in [0.5, 0.6) is 0 Å². The van der Waals surface area contributed by atoms with Crippen molar-refractivity contribution in [1.82, 2.24) is 0 Å². The number of rotatable bonds is 6. The summed E-state index contributed by atoms with van der Waals surface area (Å²) in [6.45, 7) is 8.34. The van der Waals surface area contributed by atoms with Crippen LogP contribution in [0.4, 0.5) is 0 Å². The SMILES string of the molecule is C=C/C(=C\C=C(/C)OCC)CCO. The predicted molar refractivity (Wildman–Crippen MR) is 55.4 cm³/mol. The van der Waals surface area contributed by atoms with Crippen molar-refractivity contribution in [2.45, 2.75) is 20.3 Å². The van der Waals surface area contributed by atoms with E-state index in [0.29, 0.717) is 13.0 Å².